The van der Waals surface area contributed by atoms with E-state index in [1.165, 1.54) is 16.9 Å². The van der Waals surface area contributed by atoms with Crippen LogP contribution in [0.2, 0.25) is 0 Å². The van der Waals surface area contributed by atoms with Crippen molar-refractivity contribution in [3.8, 4) is 0 Å². The summed E-state index contributed by atoms with van der Waals surface area (Å²) in [7, 11) is 0. The van der Waals surface area contributed by atoms with Gasteiger partial charge in [0.15, 0.2) is 5.96 Å². The van der Waals surface area contributed by atoms with E-state index in [-0.39, 0.29) is 0 Å². The molecular weight excluding hydrogens is 302 g/mol. The van der Waals surface area contributed by atoms with Crippen LogP contribution in [0.5, 0.6) is 0 Å². The highest BCUT2D eigenvalue weighted by atomic mass is 32.1. The molecule has 1 unspecified atom stereocenters. The number of aliphatic imine (C=N–C) groups is 1. The Balaban J connectivity index is 1.60. The maximum Gasteiger partial charge on any atom is 0.193 e. The highest BCUT2D eigenvalue weighted by molar-refractivity contribution is 7.09. The van der Waals surface area contributed by atoms with E-state index in [4.69, 9.17) is 4.99 Å². The Hall–Kier alpha value is -1.81. The van der Waals surface area contributed by atoms with Crippen LogP contribution in [0.15, 0.2) is 52.8 Å². The second-order valence-corrected chi connectivity index (χ2v) is 6.94. The molecule has 1 aromatic heterocycles. The van der Waals surface area contributed by atoms with Gasteiger partial charge < -0.3 is 10.2 Å². The summed E-state index contributed by atoms with van der Waals surface area (Å²) in [5.74, 6) is 1.69. The summed E-state index contributed by atoms with van der Waals surface area (Å²) < 4.78 is 0. The lowest BCUT2D eigenvalue weighted by Crippen LogP contribution is -2.40. The van der Waals surface area contributed by atoms with E-state index in [0.29, 0.717) is 5.92 Å². The number of benzene rings is 1. The normalized spacial score (nSPS) is 18.4. The van der Waals surface area contributed by atoms with Gasteiger partial charge in [-0.25, -0.2) is 0 Å². The van der Waals surface area contributed by atoms with Crippen LogP contribution in [-0.2, 0) is 6.42 Å². The lowest BCUT2D eigenvalue weighted by molar-refractivity contribution is 0.486. The fourth-order valence-corrected chi connectivity index (χ4v) is 3.80. The van der Waals surface area contributed by atoms with E-state index in [2.05, 4.69) is 65.0 Å². The molecule has 0 aliphatic carbocycles. The van der Waals surface area contributed by atoms with Crippen molar-refractivity contribution in [1.29, 1.82) is 0 Å². The number of hydrogen-bond donors (Lipinski definition) is 1. The third-order valence-corrected chi connectivity index (χ3v) is 5.23. The van der Waals surface area contributed by atoms with Gasteiger partial charge in [-0.3, -0.25) is 4.99 Å². The summed E-state index contributed by atoms with van der Waals surface area (Å²) in [6.45, 7) is 6.07. The van der Waals surface area contributed by atoms with E-state index >= 15 is 0 Å². The summed E-state index contributed by atoms with van der Waals surface area (Å²) >= 11 is 1.81. The van der Waals surface area contributed by atoms with Gasteiger partial charge in [-0.15, -0.1) is 11.3 Å². The van der Waals surface area contributed by atoms with Gasteiger partial charge in [-0.05, 0) is 30.4 Å². The number of likely N-dealkylation sites (tertiary alicyclic amines) is 1. The average molecular weight is 327 g/mol. The van der Waals surface area contributed by atoms with Gasteiger partial charge in [-0.2, -0.15) is 0 Å². The Morgan fingerprint density at radius 1 is 1.26 bits per heavy atom. The molecule has 0 spiro atoms. The van der Waals surface area contributed by atoms with Crippen molar-refractivity contribution in [3.05, 3.63) is 58.3 Å². The van der Waals surface area contributed by atoms with Crippen LogP contribution < -0.4 is 5.32 Å². The third-order valence-electron chi connectivity index (χ3n) is 4.29. The summed E-state index contributed by atoms with van der Waals surface area (Å²) in [6.07, 6.45) is 2.24. The molecular formula is C19H25N3S. The van der Waals surface area contributed by atoms with Crippen molar-refractivity contribution < 1.29 is 0 Å². The highest BCUT2D eigenvalue weighted by Crippen LogP contribution is 2.26. The van der Waals surface area contributed by atoms with E-state index in [1.54, 1.807) is 0 Å². The van der Waals surface area contributed by atoms with Gasteiger partial charge in [0.1, 0.15) is 0 Å². The number of nitrogens with one attached hydrogen (secondary N) is 1. The topological polar surface area (TPSA) is 27.6 Å². The summed E-state index contributed by atoms with van der Waals surface area (Å²) in [5, 5.41) is 5.59. The van der Waals surface area contributed by atoms with Gasteiger partial charge in [-0.1, -0.05) is 36.4 Å². The molecule has 2 aromatic rings. The van der Waals surface area contributed by atoms with Crippen LogP contribution in [0.1, 0.15) is 29.7 Å². The molecule has 1 aromatic carbocycles. The SMILES string of the molecule is CCNC(=NCCc1cccs1)N1CCC(c2ccccc2)C1. The minimum Gasteiger partial charge on any atom is -0.357 e. The molecule has 4 heteroatoms. The predicted molar refractivity (Wildman–Crippen MR) is 99.4 cm³/mol. The molecule has 1 saturated heterocycles. The van der Waals surface area contributed by atoms with E-state index in [0.717, 1.165) is 38.6 Å². The van der Waals surface area contributed by atoms with Crippen molar-refractivity contribution in [2.45, 2.75) is 25.7 Å². The number of nitrogens with zero attached hydrogens (tertiary/aromatic N) is 2. The first-order valence-electron chi connectivity index (χ1n) is 8.47. The summed E-state index contributed by atoms with van der Waals surface area (Å²) in [5.41, 5.74) is 1.45. The van der Waals surface area contributed by atoms with E-state index in [9.17, 15) is 0 Å². The zero-order chi connectivity index (χ0) is 15.9. The molecule has 1 N–H and O–H groups in total. The Kier molecular flexibility index (Phi) is 5.70. The van der Waals surface area contributed by atoms with Crippen molar-refractivity contribution in [3.63, 3.8) is 0 Å². The number of hydrogen-bond acceptors (Lipinski definition) is 2. The van der Waals surface area contributed by atoms with Crippen LogP contribution in [-0.4, -0.2) is 37.0 Å². The van der Waals surface area contributed by atoms with Crippen LogP contribution >= 0.6 is 11.3 Å². The van der Waals surface area contributed by atoms with Gasteiger partial charge >= 0.3 is 0 Å². The first kappa shape index (κ1) is 16.1. The summed E-state index contributed by atoms with van der Waals surface area (Å²) in [6, 6.07) is 15.2. The Morgan fingerprint density at radius 3 is 2.87 bits per heavy atom. The molecule has 0 bridgehead atoms. The standard InChI is InChI=1S/C19H25N3S/c1-2-20-19(21-12-10-18-9-6-14-23-18)22-13-11-17(15-22)16-7-4-3-5-8-16/h3-9,14,17H,2,10-13,15H2,1H3,(H,20,21). The lowest BCUT2D eigenvalue weighted by Gasteiger charge is -2.21. The Morgan fingerprint density at radius 2 is 2.13 bits per heavy atom. The number of rotatable bonds is 5. The second kappa shape index (κ2) is 8.16. The zero-order valence-corrected chi connectivity index (χ0v) is 14.6. The molecule has 1 aliphatic rings. The van der Waals surface area contributed by atoms with Crippen molar-refractivity contribution in [2.24, 2.45) is 4.99 Å². The maximum absolute atomic E-state index is 4.84. The quantitative estimate of drug-likeness (QED) is 0.669. The number of guanidine groups is 1. The van der Waals surface area contributed by atoms with E-state index in [1.807, 2.05) is 11.3 Å². The first-order chi connectivity index (χ1) is 11.4. The minimum atomic E-state index is 0.623. The van der Waals surface area contributed by atoms with Gasteiger partial charge in [0.25, 0.3) is 0 Å². The van der Waals surface area contributed by atoms with Crippen LogP contribution in [0, 0.1) is 0 Å². The van der Waals surface area contributed by atoms with Gasteiger partial charge in [0, 0.05) is 43.4 Å². The first-order valence-corrected chi connectivity index (χ1v) is 9.35. The molecule has 0 radical (unpaired) electrons. The largest absolute Gasteiger partial charge is 0.357 e. The van der Waals surface area contributed by atoms with Gasteiger partial charge in [0.05, 0.1) is 0 Å². The van der Waals surface area contributed by atoms with E-state index < -0.39 is 0 Å². The fraction of sp³-hybridized carbons (Fsp3) is 0.421. The van der Waals surface area contributed by atoms with Crippen LogP contribution in [0.4, 0.5) is 0 Å². The molecule has 1 aliphatic heterocycles. The molecule has 3 rings (SSSR count). The predicted octanol–water partition coefficient (Wildman–Crippen LogP) is 3.75. The Bertz CT molecular complexity index is 607. The second-order valence-electron chi connectivity index (χ2n) is 5.91. The lowest BCUT2D eigenvalue weighted by atomic mass is 9.99. The summed E-state index contributed by atoms with van der Waals surface area (Å²) in [4.78, 5) is 8.66. The minimum absolute atomic E-state index is 0.623. The van der Waals surface area contributed by atoms with Crippen LogP contribution in [0.3, 0.4) is 0 Å². The average Bonchev–Trinajstić information content (AvgIpc) is 3.27. The molecule has 1 atom stereocenters. The van der Waals surface area contributed by atoms with Crippen molar-refractivity contribution in [2.75, 3.05) is 26.2 Å². The van der Waals surface area contributed by atoms with Crippen molar-refractivity contribution in [1.82, 2.24) is 10.2 Å². The fourth-order valence-electron chi connectivity index (χ4n) is 3.10. The smallest absolute Gasteiger partial charge is 0.193 e. The third kappa shape index (κ3) is 4.35. The molecule has 23 heavy (non-hydrogen) atoms. The molecule has 122 valence electrons. The van der Waals surface area contributed by atoms with Crippen LogP contribution in [0.25, 0.3) is 0 Å². The monoisotopic (exact) mass is 327 g/mol. The van der Waals surface area contributed by atoms with Gasteiger partial charge in [0.2, 0.25) is 0 Å². The molecule has 2 heterocycles. The Labute approximate surface area is 143 Å². The zero-order valence-electron chi connectivity index (χ0n) is 13.7. The molecule has 0 saturated carbocycles. The van der Waals surface area contributed by atoms with Crippen molar-refractivity contribution >= 4 is 17.3 Å². The molecule has 0 amide bonds. The molecule has 3 nitrogen and oxygen atoms in total. The molecule has 1 fully saturated rings. The maximum atomic E-state index is 4.84. The number of thiophene rings is 1. The highest BCUT2D eigenvalue weighted by Gasteiger charge is 2.25.